The number of pyridine rings is 4. The maximum Gasteiger partial charge on any atom is 0.421 e. The zero-order valence-corrected chi connectivity index (χ0v) is 42.2. The summed E-state index contributed by atoms with van der Waals surface area (Å²) >= 11 is 2.87. The van der Waals surface area contributed by atoms with Gasteiger partial charge < -0.3 is 53.5 Å². The van der Waals surface area contributed by atoms with E-state index in [4.69, 9.17) is 33.5 Å². The third-order valence-corrected chi connectivity index (χ3v) is 13.9. The lowest BCUT2D eigenvalue weighted by Crippen LogP contribution is -2.31. The van der Waals surface area contributed by atoms with Crippen LogP contribution in [0.1, 0.15) is 44.9 Å². The summed E-state index contributed by atoms with van der Waals surface area (Å²) in [5.41, 5.74) is 0.190. The van der Waals surface area contributed by atoms with E-state index in [9.17, 15) is 35.9 Å². The van der Waals surface area contributed by atoms with E-state index in [1.165, 1.54) is 53.7 Å². The molecule has 77 heavy (non-hydrogen) atoms. The van der Waals surface area contributed by atoms with E-state index < -0.39 is 41.2 Å². The molecule has 404 valence electrons. The van der Waals surface area contributed by atoms with Gasteiger partial charge in [0, 0.05) is 67.2 Å². The molecule has 2 saturated heterocycles. The number of nitrogens with zero attached hydrogens (tertiary/aromatic N) is 11. The number of aromatic carboxylic acids is 1. The number of hydrogen-bond acceptors (Lipinski definition) is 19. The minimum atomic E-state index is -4.63. The lowest BCUT2D eigenvalue weighted by molar-refractivity contribution is -0.139. The zero-order chi connectivity index (χ0) is 54.0. The van der Waals surface area contributed by atoms with Crippen molar-refractivity contribution in [2.75, 3.05) is 76.5 Å². The van der Waals surface area contributed by atoms with E-state index in [1.807, 2.05) is 21.4 Å². The van der Waals surface area contributed by atoms with E-state index in [-0.39, 0.29) is 47.7 Å². The molecule has 1 amide bonds. The predicted molar refractivity (Wildman–Crippen MR) is 265 cm³/mol. The van der Waals surface area contributed by atoms with Gasteiger partial charge in [-0.1, -0.05) is 0 Å². The highest BCUT2D eigenvalue weighted by atomic mass is 32.1. The molecule has 8 aromatic rings. The van der Waals surface area contributed by atoms with Crippen LogP contribution >= 0.6 is 22.7 Å². The third kappa shape index (κ3) is 11.5. The van der Waals surface area contributed by atoms with Crippen molar-refractivity contribution in [2.45, 2.75) is 37.4 Å². The molecule has 4 aliphatic rings. The highest BCUT2D eigenvalue weighted by Gasteiger charge is 2.38. The summed E-state index contributed by atoms with van der Waals surface area (Å²) in [5, 5.41) is 15.5. The summed E-state index contributed by atoms with van der Waals surface area (Å²) in [5.74, 6) is -0.540. The van der Waals surface area contributed by atoms with Crippen molar-refractivity contribution in [3.05, 3.63) is 107 Å². The molecule has 0 bridgehead atoms. The minimum absolute atomic E-state index is 0.0167. The Balaban J connectivity index is 0.000000150. The first-order valence-electron chi connectivity index (χ1n) is 23.5. The zero-order valence-electron chi connectivity index (χ0n) is 40.5. The van der Waals surface area contributed by atoms with Gasteiger partial charge in [0.1, 0.15) is 42.2 Å². The Morgan fingerprint density at radius 2 is 1.21 bits per heavy atom. The van der Waals surface area contributed by atoms with Gasteiger partial charge in [0.2, 0.25) is 23.5 Å². The number of ether oxygens (including phenoxy) is 6. The SMILES string of the molecule is COc1ncc(N2CCOc3cnc(O[C@H]4CCN(C(=O)c5cn6ccsc6n5)C4)cc32)cc1C(F)(F)F.COc1ncc(N2CCOc3cnc(O[C@H]4CCNC4)cc32)cc1C(F)(F)F.O=C(O)c1cn2ccsc2n1. The number of hydrogen-bond donors (Lipinski definition) is 2. The lowest BCUT2D eigenvalue weighted by Gasteiger charge is -2.31. The smallest absolute Gasteiger partial charge is 0.421 e. The number of carbonyl (C=O) groups is 2. The van der Waals surface area contributed by atoms with Gasteiger partial charge in [-0.05, 0) is 25.1 Å². The molecular formula is C48H44F6N12O9S2. The van der Waals surface area contributed by atoms with Crippen LogP contribution < -0.4 is 43.5 Å². The number of aromatic nitrogens is 8. The van der Waals surface area contributed by atoms with E-state index in [0.717, 1.165) is 50.8 Å². The van der Waals surface area contributed by atoms with Crippen molar-refractivity contribution in [3.63, 3.8) is 0 Å². The number of fused-ring (bicyclic) bond motifs is 4. The Hall–Kier alpha value is -8.18. The topological polar surface area (TPSA) is 218 Å². The lowest BCUT2D eigenvalue weighted by atomic mass is 10.2. The molecule has 0 aliphatic carbocycles. The summed E-state index contributed by atoms with van der Waals surface area (Å²) in [6.45, 7) is 3.72. The number of likely N-dealkylation sites (tertiary alicyclic amines) is 1. The number of carbonyl (C=O) groups excluding carboxylic acids is 1. The van der Waals surface area contributed by atoms with Crippen LogP contribution in [0, 0.1) is 0 Å². The van der Waals surface area contributed by atoms with Crippen LogP contribution in [0.25, 0.3) is 9.92 Å². The first-order chi connectivity index (χ1) is 37.0. The van der Waals surface area contributed by atoms with Crippen molar-refractivity contribution in [3.8, 4) is 35.0 Å². The predicted octanol–water partition coefficient (Wildman–Crippen LogP) is 7.91. The maximum atomic E-state index is 13.6. The number of rotatable bonds is 10. The number of carboxylic acids is 1. The van der Waals surface area contributed by atoms with Crippen LogP contribution in [0.2, 0.25) is 0 Å². The highest BCUT2D eigenvalue weighted by molar-refractivity contribution is 7.15. The van der Waals surface area contributed by atoms with Gasteiger partial charge in [-0.15, -0.1) is 22.7 Å². The molecule has 4 aliphatic heterocycles. The molecule has 2 fully saturated rings. The Morgan fingerprint density at radius 1 is 0.688 bits per heavy atom. The van der Waals surface area contributed by atoms with Crippen LogP contribution in [0.15, 0.2) is 84.6 Å². The van der Waals surface area contributed by atoms with Crippen LogP contribution in [0.4, 0.5) is 49.1 Å². The minimum Gasteiger partial charge on any atom is -0.488 e. The molecule has 21 nitrogen and oxygen atoms in total. The van der Waals surface area contributed by atoms with Crippen LogP contribution in [0.5, 0.6) is 35.0 Å². The van der Waals surface area contributed by atoms with E-state index >= 15 is 0 Å². The molecule has 0 unspecified atom stereocenters. The Labute approximate surface area is 440 Å². The average molecular weight is 1110 g/mol. The van der Waals surface area contributed by atoms with Crippen molar-refractivity contribution in [1.82, 2.24) is 48.9 Å². The van der Waals surface area contributed by atoms with Crippen molar-refractivity contribution < 1.29 is 69.5 Å². The van der Waals surface area contributed by atoms with Gasteiger partial charge in [-0.25, -0.2) is 34.7 Å². The van der Waals surface area contributed by atoms with Gasteiger partial charge in [-0.2, -0.15) is 26.3 Å². The summed E-state index contributed by atoms with van der Waals surface area (Å²) in [4.78, 5) is 54.3. The van der Waals surface area contributed by atoms with Gasteiger partial charge >= 0.3 is 18.3 Å². The van der Waals surface area contributed by atoms with Crippen molar-refractivity contribution in [2.24, 2.45) is 0 Å². The molecule has 0 radical (unpaired) electrons. The second kappa shape index (κ2) is 21.8. The van der Waals surface area contributed by atoms with Gasteiger partial charge in [-0.3, -0.25) is 13.6 Å². The van der Waals surface area contributed by atoms with Gasteiger partial charge in [0.25, 0.3) is 5.91 Å². The third-order valence-electron chi connectivity index (χ3n) is 12.3. The fourth-order valence-electron chi connectivity index (χ4n) is 8.68. The largest absolute Gasteiger partial charge is 0.488 e. The molecule has 2 N–H and O–H groups in total. The monoisotopic (exact) mass is 1110 g/mol. The molecule has 0 spiro atoms. The maximum absolute atomic E-state index is 13.6. The Kier molecular flexibility index (Phi) is 14.8. The molecule has 0 saturated carbocycles. The van der Waals surface area contributed by atoms with Crippen molar-refractivity contribution in [1.29, 1.82) is 0 Å². The number of imidazole rings is 2. The first-order valence-corrected chi connectivity index (χ1v) is 25.2. The Bertz CT molecular complexity index is 3360. The summed E-state index contributed by atoms with van der Waals surface area (Å²) in [6, 6.07) is 5.34. The molecular weight excluding hydrogens is 1070 g/mol. The van der Waals surface area contributed by atoms with Crippen LogP contribution in [-0.2, 0) is 12.4 Å². The molecule has 8 aromatic heterocycles. The van der Waals surface area contributed by atoms with E-state index in [1.54, 1.807) is 43.6 Å². The molecule has 29 heteroatoms. The fourth-order valence-corrected chi connectivity index (χ4v) is 10.1. The van der Waals surface area contributed by atoms with Crippen LogP contribution in [-0.4, -0.2) is 139 Å². The number of amides is 1. The second-order valence-electron chi connectivity index (χ2n) is 17.2. The molecule has 12 rings (SSSR count). The van der Waals surface area contributed by atoms with Gasteiger partial charge in [0.05, 0.1) is 81.4 Å². The summed E-state index contributed by atoms with van der Waals surface area (Å²) < 4.78 is 117. The summed E-state index contributed by atoms with van der Waals surface area (Å²) in [6.07, 6.45) is 4.49. The summed E-state index contributed by atoms with van der Waals surface area (Å²) in [7, 11) is 2.31. The molecule has 12 heterocycles. The number of anilines is 4. The number of thiazole rings is 2. The van der Waals surface area contributed by atoms with Gasteiger partial charge in [0.15, 0.2) is 27.1 Å². The standard InChI is InChI=1S/C24H21F3N6O4S.C18H19F3N4O3.C6H4N2O2S/c1-35-21-16(24(25,26)27)8-14(10-29-21)33-4-6-36-19-11-28-20(9-18(19)33)37-15-2-3-31(12-15)22(34)17-13-32-5-7-38-23(32)30-17;1-26-17-13(18(19,20)21)6-11(8-24-17)25-4-5-27-15-10-23-16(7-14(15)25)28-12-2-3-22-9-12;9-5(10)4-3-8-1-2-11-6(8)7-4/h5,7-11,13,15H,2-4,6,12H2,1H3;6-8,10,12,22H,2-5,9H2,1H3;1-3H,(H,9,10)/t15-;12-;/m00./s1. The van der Waals surface area contributed by atoms with Crippen LogP contribution in [0.3, 0.4) is 0 Å². The van der Waals surface area contributed by atoms with Crippen molar-refractivity contribution >= 4 is 67.2 Å². The number of alkyl halides is 6. The number of methoxy groups -OCH3 is 2. The quantitative estimate of drug-likeness (QED) is 0.124. The normalized spacial score (nSPS) is 17.1. The number of nitrogens with one attached hydrogen (secondary N) is 1. The Morgan fingerprint density at radius 3 is 1.69 bits per heavy atom. The number of halogens is 6. The van der Waals surface area contributed by atoms with E-state index in [0.29, 0.717) is 78.6 Å². The molecule has 0 aromatic carbocycles. The first kappa shape index (κ1) is 52.3. The van der Waals surface area contributed by atoms with E-state index in [2.05, 4.69) is 35.2 Å². The second-order valence-corrected chi connectivity index (χ2v) is 19.0. The molecule has 2 atom stereocenters. The number of carboxylic acid groups (broad SMARTS) is 1. The highest BCUT2D eigenvalue weighted by Crippen LogP contribution is 2.44. The fraction of sp³-hybridized carbons (Fsp3) is 0.333. The average Bonchev–Trinajstić information content (AvgIpc) is 4.32.